The zero-order valence-corrected chi connectivity index (χ0v) is 21.0. The molecule has 0 bridgehead atoms. The third-order valence-electron chi connectivity index (χ3n) is 7.35. The van der Waals surface area contributed by atoms with E-state index in [1.165, 1.54) is 11.9 Å². The van der Waals surface area contributed by atoms with Crippen LogP contribution in [0.5, 0.6) is 0 Å². The van der Waals surface area contributed by atoms with Crippen LogP contribution in [-0.2, 0) is 13.0 Å². The van der Waals surface area contributed by atoms with Gasteiger partial charge in [-0.1, -0.05) is 42.5 Å². The van der Waals surface area contributed by atoms with Crippen molar-refractivity contribution in [1.29, 1.82) is 0 Å². The predicted octanol–water partition coefficient (Wildman–Crippen LogP) is 4.16. The van der Waals surface area contributed by atoms with Gasteiger partial charge in [-0.15, -0.1) is 0 Å². The second kappa shape index (κ2) is 10.3. The number of aromatic nitrogens is 5. The smallest absolute Gasteiger partial charge is 0.151 e. The van der Waals surface area contributed by atoms with Crippen molar-refractivity contribution in [1.82, 2.24) is 29.3 Å². The van der Waals surface area contributed by atoms with Gasteiger partial charge in [0.25, 0.3) is 0 Å². The van der Waals surface area contributed by atoms with Crippen molar-refractivity contribution >= 4 is 22.2 Å². The normalized spacial score (nSPS) is 16.6. The fourth-order valence-corrected chi connectivity index (χ4v) is 5.49. The molecule has 0 saturated carbocycles. The summed E-state index contributed by atoms with van der Waals surface area (Å²) in [6, 6.07) is 18.9. The number of fused-ring (bicyclic) bond motifs is 2. The Morgan fingerprint density at radius 3 is 2.81 bits per heavy atom. The van der Waals surface area contributed by atoms with Crippen molar-refractivity contribution in [2.45, 2.75) is 44.8 Å². The number of nitrogens with two attached hydrogens (primary N) is 1. The molecule has 8 heteroatoms. The highest BCUT2D eigenvalue weighted by molar-refractivity contribution is 5.92. The summed E-state index contributed by atoms with van der Waals surface area (Å²) in [6.45, 7) is 3.64. The number of rotatable bonds is 8. The van der Waals surface area contributed by atoms with Crippen molar-refractivity contribution < 1.29 is 5.11 Å². The fourth-order valence-electron chi connectivity index (χ4n) is 5.49. The first kappa shape index (κ1) is 23.6. The third kappa shape index (κ3) is 5.08. The van der Waals surface area contributed by atoms with Crippen LogP contribution in [0.1, 0.15) is 36.9 Å². The molecule has 1 unspecified atom stereocenters. The lowest BCUT2D eigenvalue weighted by molar-refractivity contribution is 0.0699. The highest BCUT2D eigenvalue weighted by Gasteiger charge is 2.18. The van der Waals surface area contributed by atoms with Gasteiger partial charge in [-0.25, -0.2) is 9.50 Å². The molecule has 190 valence electrons. The summed E-state index contributed by atoms with van der Waals surface area (Å²) in [7, 11) is 0. The lowest BCUT2D eigenvalue weighted by Gasteiger charge is -2.29. The molecule has 1 aliphatic rings. The summed E-state index contributed by atoms with van der Waals surface area (Å²) in [5.41, 5.74) is 12.6. The van der Waals surface area contributed by atoms with Gasteiger partial charge >= 0.3 is 0 Å². The summed E-state index contributed by atoms with van der Waals surface area (Å²) in [4.78, 5) is 6.66. The van der Waals surface area contributed by atoms with Gasteiger partial charge in [0.15, 0.2) is 5.82 Å². The Kier molecular flexibility index (Phi) is 6.59. The van der Waals surface area contributed by atoms with E-state index in [1.54, 1.807) is 0 Å². The zero-order valence-electron chi connectivity index (χ0n) is 21.0. The topological polar surface area (TPSA) is 97.5 Å². The molecule has 37 heavy (non-hydrogen) atoms. The van der Waals surface area contributed by atoms with Gasteiger partial charge in [0, 0.05) is 29.4 Å². The molecule has 3 aromatic heterocycles. The summed E-state index contributed by atoms with van der Waals surface area (Å²) in [5.74, 6) is 0.480. The highest BCUT2D eigenvalue weighted by Crippen LogP contribution is 2.32. The van der Waals surface area contributed by atoms with Gasteiger partial charge in [-0.2, -0.15) is 10.2 Å². The Morgan fingerprint density at radius 2 is 1.95 bits per heavy atom. The number of β-amino-alcohol motifs (C(OH)–C–C–N with tert-alkyl or cyclic N) is 1. The van der Waals surface area contributed by atoms with Crippen LogP contribution in [0.2, 0.25) is 0 Å². The minimum Gasteiger partial charge on any atom is -0.392 e. The summed E-state index contributed by atoms with van der Waals surface area (Å²) in [5, 5.41) is 20.4. The van der Waals surface area contributed by atoms with Crippen molar-refractivity contribution in [2.75, 3.05) is 25.4 Å². The maximum Gasteiger partial charge on any atom is 0.151 e. The largest absolute Gasteiger partial charge is 0.392 e. The predicted molar refractivity (Wildman–Crippen MR) is 146 cm³/mol. The van der Waals surface area contributed by atoms with E-state index in [0.717, 1.165) is 91.5 Å². The number of hydrogen-bond donors (Lipinski definition) is 2. The number of nitrogens with zero attached hydrogens (tertiary/aromatic N) is 6. The van der Waals surface area contributed by atoms with Crippen molar-refractivity contribution in [3.63, 3.8) is 0 Å². The molecule has 1 saturated heterocycles. The Balaban J connectivity index is 1.23. The number of aliphatic hydroxyl groups is 1. The van der Waals surface area contributed by atoms with Crippen LogP contribution in [0.3, 0.4) is 0 Å². The second-order valence-corrected chi connectivity index (χ2v) is 10.1. The first-order valence-electron chi connectivity index (χ1n) is 13.2. The number of anilines is 1. The van der Waals surface area contributed by atoms with Crippen molar-refractivity contribution in [2.24, 2.45) is 0 Å². The number of aryl methyl sites for hydroxylation is 1. The van der Waals surface area contributed by atoms with E-state index < -0.39 is 0 Å². The van der Waals surface area contributed by atoms with Crippen molar-refractivity contribution in [3.05, 3.63) is 78.4 Å². The van der Waals surface area contributed by atoms with Gasteiger partial charge in [0.05, 0.1) is 18.2 Å². The molecular weight excluding hydrogens is 462 g/mol. The van der Waals surface area contributed by atoms with E-state index in [1.807, 2.05) is 15.3 Å². The molecule has 3 N–H and O–H groups in total. The Labute approximate surface area is 216 Å². The quantitative estimate of drug-likeness (QED) is 0.314. The van der Waals surface area contributed by atoms with Crippen molar-refractivity contribution in [3.8, 4) is 11.1 Å². The van der Waals surface area contributed by atoms with E-state index in [4.69, 9.17) is 10.8 Å². The molecule has 0 amide bonds. The number of likely N-dealkylation sites (tertiary alicyclic amines) is 1. The maximum atomic E-state index is 9.93. The molecule has 1 atom stereocenters. The molecule has 0 radical (unpaired) electrons. The molecule has 1 fully saturated rings. The minimum atomic E-state index is -0.173. The lowest BCUT2D eigenvalue weighted by Crippen LogP contribution is -2.38. The third-order valence-corrected chi connectivity index (χ3v) is 7.35. The maximum absolute atomic E-state index is 9.93. The van der Waals surface area contributed by atoms with Crippen LogP contribution in [0.25, 0.3) is 27.5 Å². The second-order valence-electron chi connectivity index (χ2n) is 10.1. The van der Waals surface area contributed by atoms with E-state index >= 15 is 0 Å². The monoisotopic (exact) mass is 495 g/mol. The Morgan fingerprint density at radius 1 is 1.05 bits per heavy atom. The first-order chi connectivity index (χ1) is 18.1. The Bertz CT molecular complexity index is 1510. The number of unbranched alkanes of at least 4 members (excludes halogenated alkanes) is 1. The highest BCUT2D eigenvalue weighted by atomic mass is 16.3. The van der Waals surface area contributed by atoms with E-state index in [-0.39, 0.29) is 6.10 Å². The first-order valence-corrected chi connectivity index (χ1v) is 13.2. The Hall–Kier alpha value is -3.75. The average Bonchev–Trinajstić information content (AvgIpc) is 3.48. The molecule has 0 aliphatic carbocycles. The lowest BCUT2D eigenvalue weighted by atomic mass is 10.0. The van der Waals surface area contributed by atoms with Gasteiger partial charge in [-0.3, -0.25) is 4.68 Å². The van der Waals surface area contributed by atoms with Gasteiger partial charge in [0.2, 0.25) is 0 Å². The standard InChI is InChI=1S/C29H33N7O/c30-29-28-26(22-11-12-23-18-35(33-27(23)15-22)17-21-7-2-1-3-8-21)16-24(36(28)32-20-31-29)9-4-5-13-34-14-6-10-25(37)19-34/h1-3,7-8,11-12,15-16,18,20,25,37H,4-6,9-10,13-14,17,19H2,(H2,30,31,32). The average molecular weight is 496 g/mol. The van der Waals surface area contributed by atoms with E-state index in [2.05, 4.69) is 69.7 Å². The fraction of sp³-hybridized carbons (Fsp3) is 0.345. The van der Waals surface area contributed by atoms with Crippen LogP contribution in [-0.4, -0.2) is 60.1 Å². The molecule has 4 heterocycles. The van der Waals surface area contributed by atoms with Crippen LogP contribution in [0.4, 0.5) is 5.82 Å². The van der Waals surface area contributed by atoms with Crippen LogP contribution in [0.15, 0.2) is 67.1 Å². The van der Waals surface area contributed by atoms with Gasteiger partial charge in [-0.05, 0) is 68.5 Å². The minimum absolute atomic E-state index is 0.173. The molecule has 6 rings (SSSR count). The number of piperidine rings is 1. The SMILES string of the molecule is Nc1ncnn2c(CCCCN3CCCC(O)C3)cc(-c3ccc4cn(Cc5ccccc5)nc4c3)c12. The zero-order chi connectivity index (χ0) is 25.2. The van der Waals surface area contributed by atoms with Gasteiger partial charge in [0.1, 0.15) is 11.8 Å². The van der Waals surface area contributed by atoms with E-state index in [0.29, 0.717) is 5.82 Å². The summed E-state index contributed by atoms with van der Waals surface area (Å²) in [6.07, 6.45) is 8.49. The summed E-state index contributed by atoms with van der Waals surface area (Å²) >= 11 is 0. The van der Waals surface area contributed by atoms with E-state index in [9.17, 15) is 5.11 Å². The molecule has 8 nitrogen and oxygen atoms in total. The molecule has 0 spiro atoms. The van der Waals surface area contributed by atoms with Crippen LogP contribution in [0, 0.1) is 0 Å². The summed E-state index contributed by atoms with van der Waals surface area (Å²) < 4.78 is 3.94. The van der Waals surface area contributed by atoms with Crippen LogP contribution < -0.4 is 5.73 Å². The number of benzene rings is 2. The molecule has 2 aromatic carbocycles. The molecular formula is C29H33N7O. The van der Waals surface area contributed by atoms with Crippen LogP contribution >= 0.6 is 0 Å². The number of hydrogen-bond acceptors (Lipinski definition) is 6. The molecule has 1 aliphatic heterocycles. The van der Waals surface area contributed by atoms with Gasteiger partial charge < -0.3 is 15.7 Å². The molecule has 5 aromatic rings. The number of aliphatic hydroxyl groups excluding tert-OH is 1. The number of nitrogen functional groups attached to an aromatic ring is 1.